The molecule has 4 nitrogen and oxygen atoms in total. The van der Waals surface area contributed by atoms with Gasteiger partial charge in [0.15, 0.2) is 0 Å². The predicted molar refractivity (Wildman–Crippen MR) is 77.8 cm³/mol. The van der Waals surface area contributed by atoms with E-state index >= 15 is 0 Å². The number of aromatic hydroxyl groups is 1. The number of carbonyl (C=O) groups excluding carboxylic acids is 1. The summed E-state index contributed by atoms with van der Waals surface area (Å²) >= 11 is 2.00. The number of pyridine rings is 1. The first-order valence-corrected chi connectivity index (χ1v) is 6.36. The Labute approximate surface area is 118 Å². The van der Waals surface area contributed by atoms with E-state index in [2.05, 4.69) is 10.3 Å². The standard InChI is InChI=1S/C13H11IN2O2/c1-8-2-4-10(7-15-8)16-13(18)9-3-5-11(14)12(17)6-9/h2-7,17H,1H3,(H,16,18). The summed E-state index contributed by atoms with van der Waals surface area (Å²) in [6, 6.07) is 8.41. The molecule has 1 heterocycles. The molecule has 2 aromatic rings. The Hall–Kier alpha value is -1.63. The topological polar surface area (TPSA) is 62.2 Å². The summed E-state index contributed by atoms with van der Waals surface area (Å²) < 4.78 is 0.709. The molecule has 18 heavy (non-hydrogen) atoms. The lowest BCUT2D eigenvalue weighted by atomic mass is 10.2. The van der Waals surface area contributed by atoms with Crippen LogP contribution in [-0.4, -0.2) is 16.0 Å². The first kappa shape index (κ1) is 12.8. The molecule has 0 radical (unpaired) electrons. The maximum Gasteiger partial charge on any atom is 0.255 e. The van der Waals surface area contributed by atoms with Crippen molar-refractivity contribution in [3.8, 4) is 5.75 Å². The highest BCUT2D eigenvalue weighted by Crippen LogP contribution is 2.21. The predicted octanol–water partition coefficient (Wildman–Crippen LogP) is 2.95. The molecule has 0 aliphatic heterocycles. The van der Waals surface area contributed by atoms with Crippen LogP contribution >= 0.6 is 22.6 Å². The Morgan fingerprint density at radius 2 is 2.11 bits per heavy atom. The second-order valence-electron chi connectivity index (χ2n) is 3.81. The third kappa shape index (κ3) is 2.98. The van der Waals surface area contributed by atoms with Gasteiger partial charge in [0, 0.05) is 11.3 Å². The fourth-order valence-electron chi connectivity index (χ4n) is 1.40. The van der Waals surface area contributed by atoms with Gasteiger partial charge in [0.2, 0.25) is 0 Å². The van der Waals surface area contributed by atoms with Crippen LogP contribution in [0, 0.1) is 10.5 Å². The van der Waals surface area contributed by atoms with Gasteiger partial charge in [0.1, 0.15) is 5.75 Å². The van der Waals surface area contributed by atoms with Crippen LogP contribution in [-0.2, 0) is 0 Å². The van der Waals surface area contributed by atoms with Crippen molar-refractivity contribution in [2.24, 2.45) is 0 Å². The molecular formula is C13H11IN2O2. The van der Waals surface area contributed by atoms with Crippen molar-refractivity contribution in [3.05, 3.63) is 51.4 Å². The number of aryl methyl sites for hydroxylation is 1. The van der Waals surface area contributed by atoms with Crippen LogP contribution in [0.15, 0.2) is 36.5 Å². The Kier molecular flexibility index (Phi) is 3.81. The molecule has 2 N–H and O–H groups in total. The van der Waals surface area contributed by atoms with E-state index in [0.717, 1.165) is 5.69 Å². The molecule has 0 atom stereocenters. The Morgan fingerprint density at radius 3 is 2.72 bits per heavy atom. The molecule has 0 spiro atoms. The fourth-order valence-corrected chi connectivity index (χ4v) is 1.73. The number of anilines is 1. The Balaban J connectivity index is 2.16. The zero-order valence-electron chi connectivity index (χ0n) is 9.64. The number of nitrogens with one attached hydrogen (secondary N) is 1. The van der Waals surface area contributed by atoms with Crippen molar-refractivity contribution < 1.29 is 9.90 Å². The molecule has 1 aromatic heterocycles. The van der Waals surface area contributed by atoms with Gasteiger partial charge in [-0.15, -0.1) is 0 Å². The summed E-state index contributed by atoms with van der Waals surface area (Å²) in [6.45, 7) is 1.88. The third-order valence-electron chi connectivity index (χ3n) is 2.38. The van der Waals surface area contributed by atoms with Crippen molar-refractivity contribution in [1.29, 1.82) is 0 Å². The van der Waals surface area contributed by atoms with Gasteiger partial charge in [-0.2, -0.15) is 0 Å². The number of benzene rings is 1. The third-order valence-corrected chi connectivity index (χ3v) is 3.29. The SMILES string of the molecule is Cc1ccc(NC(=O)c2ccc(I)c(O)c2)cn1. The quantitative estimate of drug-likeness (QED) is 0.816. The first-order valence-electron chi connectivity index (χ1n) is 5.29. The van der Waals surface area contributed by atoms with E-state index < -0.39 is 0 Å². The molecule has 0 fully saturated rings. The molecule has 0 bridgehead atoms. The average molecular weight is 354 g/mol. The van der Waals surface area contributed by atoms with Gasteiger partial charge in [-0.05, 0) is 59.8 Å². The normalized spacial score (nSPS) is 10.1. The number of aromatic nitrogens is 1. The van der Waals surface area contributed by atoms with Gasteiger partial charge >= 0.3 is 0 Å². The summed E-state index contributed by atoms with van der Waals surface area (Å²) in [5.41, 5.74) is 1.93. The fraction of sp³-hybridized carbons (Fsp3) is 0.0769. The number of hydrogen-bond acceptors (Lipinski definition) is 3. The Morgan fingerprint density at radius 1 is 1.33 bits per heavy atom. The maximum absolute atomic E-state index is 11.9. The number of phenols is 1. The minimum Gasteiger partial charge on any atom is -0.507 e. The molecule has 0 saturated heterocycles. The van der Waals surface area contributed by atoms with Crippen LogP contribution in [0.5, 0.6) is 5.75 Å². The second kappa shape index (κ2) is 5.34. The van der Waals surface area contributed by atoms with E-state index in [1.807, 2.05) is 35.6 Å². The van der Waals surface area contributed by atoms with Crippen LogP contribution in [0.3, 0.4) is 0 Å². The highest BCUT2D eigenvalue weighted by atomic mass is 127. The highest BCUT2D eigenvalue weighted by Gasteiger charge is 2.08. The van der Waals surface area contributed by atoms with E-state index in [9.17, 15) is 9.90 Å². The van der Waals surface area contributed by atoms with E-state index in [-0.39, 0.29) is 11.7 Å². The minimum absolute atomic E-state index is 0.102. The van der Waals surface area contributed by atoms with Gasteiger partial charge in [-0.1, -0.05) is 0 Å². The number of nitrogens with zero attached hydrogens (tertiary/aromatic N) is 1. The summed E-state index contributed by atoms with van der Waals surface area (Å²) in [5.74, 6) is -0.169. The average Bonchev–Trinajstić information content (AvgIpc) is 2.35. The van der Waals surface area contributed by atoms with Crippen molar-refractivity contribution in [2.75, 3.05) is 5.32 Å². The Bertz CT molecular complexity index is 582. The largest absolute Gasteiger partial charge is 0.507 e. The lowest BCUT2D eigenvalue weighted by Gasteiger charge is -2.06. The summed E-state index contributed by atoms with van der Waals surface area (Å²) in [4.78, 5) is 16.0. The lowest BCUT2D eigenvalue weighted by molar-refractivity contribution is 0.102. The van der Waals surface area contributed by atoms with Crippen LogP contribution in [0.25, 0.3) is 0 Å². The van der Waals surface area contributed by atoms with E-state index in [1.54, 1.807) is 24.4 Å². The molecule has 5 heteroatoms. The molecule has 1 aromatic carbocycles. The smallest absolute Gasteiger partial charge is 0.255 e. The summed E-state index contributed by atoms with van der Waals surface area (Å²) in [7, 11) is 0. The van der Waals surface area contributed by atoms with Crippen LogP contribution < -0.4 is 5.32 Å². The van der Waals surface area contributed by atoms with Gasteiger partial charge in [0.25, 0.3) is 5.91 Å². The molecule has 0 unspecified atom stereocenters. The molecule has 0 aliphatic carbocycles. The highest BCUT2D eigenvalue weighted by molar-refractivity contribution is 14.1. The molecule has 92 valence electrons. The number of phenolic OH excluding ortho intramolecular Hbond substituents is 1. The molecular weight excluding hydrogens is 343 g/mol. The van der Waals surface area contributed by atoms with Gasteiger partial charge in [-0.3, -0.25) is 9.78 Å². The molecule has 0 saturated carbocycles. The van der Waals surface area contributed by atoms with Crippen molar-refractivity contribution in [3.63, 3.8) is 0 Å². The molecule has 0 aliphatic rings. The second-order valence-corrected chi connectivity index (χ2v) is 4.97. The molecule has 1 amide bonds. The number of amides is 1. The first-order chi connectivity index (χ1) is 8.56. The van der Waals surface area contributed by atoms with Crippen LogP contribution in [0.2, 0.25) is 0 Å². The van der Waals surface area contributed by atoms with Crippen molar-refractivity contribution in [1.82, 2.24) is 4.98 Å². The summed E-state index contributed by atoms with van der Waals surface area (Å²) in [5, 5.41) is 12.3. The van der Waals surface area contributed by atoms with Gasteiger partial charge < -0.3 is 10.4 Å². The van der Waals surface area contributed by atoms with Gasteiger partial charge in [0.05, 0.1) is 15.5 Å². The maximum atomic E-state index is 11.9. The van der Waals surface area contributed by atoms with Crippen LogP contribution in [0.1, 0.15) is 16.1 Å². The monoisotopic (exact) mass is 354 g/mol. The number of halogens is 1. The zero-order valence-corrected chi connectivity index (χ0v) is 11.8. The van der Waals surface area contributed by atoms with Gasteiger partial charge in [-0.25, -0.2) is 0 Å². The van der Waals surface area contributed by atoms with E-state index in [4.69, 9.17) is 0 Å². The van der Waals surface area contributed by atoms with Crippen molar-refractivity contribution >= 4 is 34.2 Å². The van der Waals surface area contributed by atoms with Crippen molar-refractivity contribution in [2.45, 2.75) is 6.92 Å². The zero-order chi connectivity index (χ0) is 13.1. The number of rotatable bonds is 2. The lowest BCUT2D eigenvalue weighted by Crippen LogP contribution is -2.12. The van der Waals surface area contributed by atoms with E-state index in [1.165, 1.54) is 6.07 Å². The number of hydrogen-bond donors (Lipinski definition) is 2. The minimum atomic E-state index is -0.271. The molecule has 2 rings (SSSR count). The number of carbonyl (C=O) groups is 1. The summed E-state index contributed by atoms with van der Waals surface area (Å²) in [6.07, 6.45) is 1.60. The van der Waals surface area contributed by atoms with E-state index in [0.29, 0.717) is 14.8 Å². The van der Waals surface area contributed by atoms with Crippen LogP contribution in [0.4, 0.5) is 5.69 Å².